The molecule has 1 aliphatic rings. The van der Waals surface area contributed by atoms with Gasteiger partial charge in [0.2, 0.25) is 0 Å². The molecule has 0 radical (unpaired) electrons. The highest BCUT2D eigenvalue weighted by Crippen LogP contribution is 2.18. The van der Waals surface area contributed by atoms with Crippen molar-refractivity contribution in [2.45, 2.75) is 64.9 Å². The minimum absolute atomic E-state index is 0.266. The summed E-state index contributed by atoms with van der Waals surface area (Å²) in [7, 11) is 0. The molecule has 29 heavy (non-hydrogen) atoms. The molecule has 1 amide bonds. The summed E-state index contributed by atoms with van der Waals surface area (Å²) in [4.78, 5) is 14.8. The number of anilines is 1. The maximum atomic E-state index is 12.4. The maximum Gasteiger partial charge on any atom is 0.412 e. The Kier molecular flexibility index (Phi) is 11.5. The molecule has 0 aromatic heterocycles. The second kappa shape index (κ2) is 14.2. The van der Waals surface area contributed by atoms with Gasteiger partial charge in [-0.15, -0.1) is 0 Å². The number of hydrogen-bond acceptors (Lipinski definition) is 5. The van der Waals surface area contributed by atoms with Crippen molar-refractivity contribution in [3.8, 4) is 5.75 Å². The molecule has 6 heteroatoms. The number of carbonyl (C=O) groups is 1. The summed E-state index contributed by atoms with van der Waals surface area (Å²) in [6, 6.07) is 7.46. The molecular formula is C23H38N2O4. The van der Waals surface area contributed by atoms with Crippen LogP contribution in [0.4, 0.5) is 10.5 Å². The van der Waals surface area contributed by atoms with Crippen LogP contribution in [-0.2, 0) is 9.47 Å². The molecule has 1 unspecified atom stereocenters. The lowest BCUT2D eigenvalue weighted by Gasteiger charge is -2.23. The van der Waals surface area contributed by atoms with Gasteiger partial charge in [0.25, 0.3) is 0 Å². The van der Waals surface area contributed by atoms with E-state index in [9.17, 15) is 4.79 Å². The fraction of sp³-hybridized carbons (Fsp3) is 0.696. The van der Waals surface area contributed by atoms with E-state index in [0.29, 0.717) is 25.5 Å². The average Bonchev–Trinajstić information content (AvgIpc) is 3.21. The number of rotatable bonds is 14. The lowest BCUT2D eigenvalue weighted by atomic mass is 10.2. The molecule has 1 N–H and O–H groups in total. The SMILES string of the molecule is CCCCCCOc1cccc(NC(=O)OC(COCCC)CN2CCCC2)c1. The Labute approximate surface area is 175 Å². The Morgan fingerprint density at radius 3 is 2.69 bits per heavy atom. The van der Waals surface area contributed by atoms with Gasteiger partial charge >= 0.3 is 6.09 Å². The number of nitrogens with zero attached hydrogens (tertiary/aromatic N) is 1. The minimum atomic E-state index is -0.450. The topological polar surface area (TPSA) is 60.0 Å². The zero-order valence-electron chi connectivity index (χ0n) is 18.2. The summed E-state index contributed by atoms with van der Waals surface area (Å²) in [6.07, 6.45) is 7.32. The third-order valence-corrected chi connectivity index (χ3v) is 4.93. The third kappa shape index (κ3) is 9.99. The molecule has 1 aromatic carbocycles. The molecule has 0 spiro atoms. The van der Waals surface area contributed by atoms with Gasteiger partial charge in [-0.1, -0.05) is 39.2 Å². The van der Waals surface area contributed by atoms with Crippen molar-refractivity contribution in [2.75, 3.05) is 44.8 Å². The fourth-order valence-corrected chi connectivity index (χ4v) is 3.42. The van der Waals surface area contributed by atoms with E-state index in [0.717, 1.165) is 38.2 Å². The number of ether oxygens (including phenoxy) is 3. The number of likely N-dealkylation sites (tertiary alicyclic amines) is 1. The maximum absolute atomic E-state index is 12.4. The Hall–Kier alpha value is -1.79. The highest BCUT2D eigenvalue weighted by Gasteiger charge is 2.21. The molecule has 0 bridgehead atoms. The monoisotopic (exact) mass is 406 g/mol. The quantitative estimate of drug-likeness (QED) is 0.436. The van der Waals surface area contributed by atoms with Crippen LogP contribution in [0.5, 0.6) is 5.75 Å². The van der Waals surface area contributed by atoms with Crippen LogP contribution in [0, 0.1) is 0 Å². The molecule has 1 aliphatic heterocycles. The third-order valence-electron chi connectivity index (χ3n) is 4.93. The lowest BCUT2D eigenvalue weighted by Crippen LogP contribution is -2.37. The number of benzene rings is 1. The van der Waals surface area contributed by atoms with Gasteiger partial charge in [-0.25, -0.2) is 4.79 Å². The van der Waals surface area contributed by atoms with Crippen LogP contribution >= 0.6 is 0 Å². The van der Waals surface area contributed by atoms with Gasteiger partial charge in [0.15, 0.2) is 0 Å². The Morgan fingerprint density at radius 1 is 1.10 bits per heavy atom. The van der Waals surface area contributed by atoms with Crippen LogP contribution < -0.4 is 10.1 Å². The zero-order valence-corrected chi connectivity index (χ0v) is 18.2. The molecule has 164 valence electrons. The number of amides is 1. The Morgan fingerprint density at radius 2 is 1.93 bits per heavy atom. The zero-order chi connectivity index (χ0) is 20.7. The lowest BCUT2D eigenvalue weighted by molar-refractivity contribution is 0.0108. The average molecular weight is 407 g/mol. The summed E-state index contributed by atoms with van der Waals surface area (Å²) >= 11 is 0. The number of carbonyl (C=O) groups excluding carboxylic acids is 1. The van der Waals surface area contributed by atoms with E-state index in [2.05, 4.69) is 24.1 Å². The van der Waals surface area contributed by atoms with Crippen molar-refractivity contribution in [3.63, 3.8) is 0 Å². The van der Waals surface area contributed by atoms with Gasteiger partial charge in [-0.2, -0.15) is 0 Å². The summed E-state index contributed by atoms with van der Waals surface area (Å²) in [6.45, 7) is 8.92. The molecule has 1 fully saturated rings. The molecule has 1 heterocycles. The van der Waals surface area contributed by atoms with E-state index < -0.39 is 6.09 Å². The summed E-state index contributed by atoms with van der Waals surface area (Å²) in [5.41, 5.74) is 0.676. The van der Waals surface area contributed by atoms with Crippen LogP contribution in [-0.4, -0.2) is 56.6 Å². The van der Waals surface area contributed by atoms with Crippen LogP contribution in [0.25, 0.3) is 0 Å². The Balaban J connectivity index is 1.80. The minimum Gasteiger partial charge on any atom is -0.494 e. The molecule has 0 saturated carbocycles. The number of unbranched alkanes of at least 4 members (excludes halogenated alkanes) is 3. The normalized spacial score (nSPS) is 15.2. The van der Waals surface area contributed by atoms with E-state index in [1.807, 2.05) is 24.3 Å². The van der Waals surface area contributed by atoms with E-state index in [4.69, 9.17) is 14.2 Å². The number of hydrogen-bond donors (Lipinski definition) is 1. The van der Waals surface area contributed by atoms with Crippen molar-refractivity contribution in [1.82, 2.24) is 4.90 Å². The van der Waals surface area contributed by atoms with Gasteiger partial charge in [-0.05, 0) is 50.9 Å². The molecule has 1 saturated heterocycles. The first kappa shape index (κ1) is 23.5. The smallest absolute Gasteiger partial charge is 0.412 e. The van der Waals surface area contributed by atoms with E-state index in [1.165, 1.54) is 32.1 Å². The standard InChI is InChI=1S/C23H38N2O4/c1-3-5-6-9-16-28-21-12-10-11-20(17-21)24-23(26)29-22(19-27-15-4-2)18-25-13-7-8-14-25/h10-12,17,22H,3-9,13-16,18-19H2,1-2H3,(H,24,26). The number of nitrogens with one attached hydrogen (secondary N) is 1. The first-order valence-electron chi connectivity index (χ1n) is 11.2. The largest absolute Gasteiger partial charge is 0.494 e. The highest BCUT2D eigenvalue weighted by atomic mass is 16.6. The predicted molar refractivity (Wildman–Crippen MR) is 117 cm³/mol. The molecule has 0 aliphatic carbocycles. The first-order valence-corrected chi connectivity index (χ1v) is 11.2. The molecule has 6 nitrogen and oxygen atoms in total. The van der Waals surface area contributed by atoms with Gasteiger partial charge in [-0.3, -0.25) is 10.2 Å². The second-order valence-corrected chi connectivity index (χ2v) is 7.67. The van der Waals surface area contributed by atoms with Gasteiger partial charge in [0, 0.05) is 24.9 Å². The van der Waals surface area contributed by atoms with E-state index >= 15 is 0 Å². The predicted octanol–water partition coefficient (Wildman–Crippen LogP) is 5.09. The van der Waals surface area contributed by atoms with Crippen LogP contribution in [0.15, 0.2) is 24.3 Å². The van der Waals surface area contributed by atoms with Crippen molar-refractivity contribution in [1.29, 1.82) is 0 Å². The van der Waals surface area contributed by atoms with Crippen molar-refractivity contribution < 1.29 is 19.0 Å². The summed E-state index contributed by atoms with van der Waals surface area (Å²) < 4.78 is 17.1. The van der Waals surface area contributed by atoms with Crippen molar-refractivity contribution in [3.05, 3.63) is 24.3 Å². The summed E-state index contributed by atoms with van der Waals surface area (Å²) in [5, 5.41) is 2.82. The fourth-order valence-electron chi connectivity index (χ4n) is 3.42. The van der Waals surface area contributed by atoms with Gasteiger partial charge < -0.3 is 14.2 Å². The van der Waals surface area contributed by atoms with Crippen molar-refractivity contribution >= 4 is 11.8 Å². The van der Waals surface area contributed by atoms with Crippen LogP contribution in [0.2, 0.25) is 0 Å². The highest BCUT2D eigenvalue weighted by molar-refractivity contribution is 5.85. The van der Waals surface area contributed by atoms with Gasteiger partial charge in [0.05, 0.1) is 13.2 Å². The second-order valence-electron chi connectivity index (χ2n) is 7.67. The van der Waals surface area contributed by atoms with Crippen LogP contribution in [0.1, 0.15) is 58.8 Å². The molecule has 1 atom stereocenters. The van der Waals surface area contributed by atoms with Gasteiger partial charge in [0.1, 0.15) is 11.9 Å². The van der Waals surface area contributed by atoms with Crippen LogP contribution in [0.3, 0.4) is 0 Å². The van der Waals surface area contributed by atoms with Crippen molar-refractivity contribution in [2.24, 2.45) is 0 Å². The Bertz CT molecular complexity index is 576. The van der Waals surface area contributed by atoms with E-state index in [-0.39, 0.29) is 6.10 Å². The first-order chi connectivity index (χ1) is 14.2. The molecular weight excluding hydrogens is 368 g/mol. The molecule has 1 aromatic rings. The molecule has 2 rings (SSSR count). The van der Waals surface area contributed by atoms with E-state index in [1.54, 1.807) is 0 Å². The summed E-state index contributed by atoms with van der Waals surface area (Å²) in [5.74, 6) is 0.763.